The second-order valence-corrected chi connectivity index (χ2v) is 2.40. The van der Waals surface area contributed by atoms with Crippen LogP contribution in [-0.4, -0.2) is 41.9 Å². The second kappa shape index (κ2) is 4.63. The molecule has 3 nitrogen and oxygen atoms in total. The first-order chi connectivity index (χ1) is 4.63. The molecule has 0 N–H and O–H groups in total. The Morgan fingerprint density at radius 1 is 1.20 bits per heavy atom. The number of urea groups is 1. The number of alkyl halides is 2. The first-order valence-electron chi connectivity index (χ1n) is 2.71. The summed E-state index contributed by atoms with van der Waals surface area (Å²) < 4.78 is 0. The fourth-order valence-electron chi connectivity index (χ4n) is 0.394. The van der Waals surface area contributed by atoms with Gasteiger partial charge in [0.25, 0.3) is 0 Å². The summed E-state index contributed by atoms with van der Waals surface area (Å²) in [6.07, 6.45) is 0. The van der Waals surface area contributed by atoms with Crippen molar-refractivity contribution in [2.24, 2.45) is 0 Å². The van der Waals surface area contributed by atoms with Crippen LogP contribution in [0.25, 0.3) is 0 Å². The van der Waals surface area contributed by atoms with E-state index < -0.39 is 0 Å². The molecule has 0 aliphatic heterocycles. The maximum atomic E-state index is 11.0. The molecular formula is C5H10Cl2N2O. The van der Waals surface area contributed by atoms with Crippen molar-refractivity contribution in [1.82, 2.24) is 9.80 Å². The third-order valence-electron chi connectivity index (χ3n) is 1.01. The molecule has 0 saturated heterocycles. The number of amides is 2. The monoisotopic (exact) mass is 184 g/mol. The number of rotatable bonds is 2. The van der Waals surface area contributed by atoms with Crippen LogP contribution in [0.15, 0.2) is 0 Å². The van der Waals surface area contributed by atoms with Gasteiger partial charge in [0.05, 0.1) is 12.0 Å². The topological polar surface area (TPSA) is 23.6 Å². The van der Waals surface area contributed by atoms with Crippen molar-refractivity contribution in [2.45, 2.75) is 0 Å². The van der Waals surface area contributed by atoms with Crippen molar-refractivity contribution < 1.29 is 4.79 Å². The number of halogens is 2. The lowest BCUT2D eigenvalue weighted by Gasteiger charge is -2.20. The number of carbonyl (C=O) groups is 1. The Hall–Kier alpha value is -0.150. The highest BCUT2D eigenvalue weighted by molar-refractivity contribution is 6.19. The normalized spacial score (nSPS) is 9.20. The molecule has 5 heteroatoms. The van der Waals surface area contributed by atoms with E-state index in [0.29, 0.717) is 0 Å². The van der Waals surface area contributed by atoms with Gasteiger partial charge in [-0.25, -0.2) is 4.79 Å². The number of hydrogen-bond acceptors (Lipinski definition) is 1. The molecule has 0 aliphatic carbocycles. The molecule has 0 fully saturated rings. The van der Waals surface area contributed by atoms with Crippen molar-refractivity contribution in [3.8, 4) is 0 Å². The molecule has 0 aromatic heterocycles. The molecule has 0 aliphatic rings. The van der Waals surface area contributed by atoms with Crippen LogP contribution >= 0.6 is 23.2 Å². The summed E-state index contributed by atoms with van der Waals surface area (Å²) in [6.45, 7) is 0. The highest BCUT2D eigenvalue weighted by Crippen LogP contribution is 1.95. The van der Waals surface area contributed by atoms with Crippen LogP contribution in [0.3, 0.4) is 0 Å². The predicted molar refractivity (Wildman–Crippen MR) is 42.4 cm³/mol. The maximum Gasteiger partial charge on any atom is 0.321 e. The Balaban J connectivity index is 3.82. The Morgan fingerprint density at radius 2 is 1.50 bits per heavy atom. The van der Waals surface area contributed by atoms with E-state index in [1.807, 2.05) is 0 Å². The first kappa shape index (κ1) is 9.85. The Labute approximate surface area is 70.5 Å². The van der Waals surface area contributed by atoms with Crippen LogP contribution in [0.1, 0.15) is 0 Å². The van der Waals surface area contributed by atoms with Crippen LogP contribution < -0.4 is 0 Å². The molecule has 0 aromatic carbocycles. The third-order valence-corrected chi connectivity index (χ3v) is 1.73. The Morgan fingerprint density at radius 3 is 1.70 bits per heavy atom. The molecular weight excluding hydrogens is 175 g/mol. The van der Waals surface area contributed by atoms with Gasteiger partial charge in [-0.1, -0.05) is 0 Å². The van der Waals surface area contributed by atoms with E-state index in [0.717, 1.165) is 0 Å². The van der Waals surface area contributed by atoms with Gasteiger partial charge in [-0.05, 0) is 0 Å². The van der Waals surface area contributed by atoms with Crippen molar-refractivity contribution in [3.05, 3.63) is 0 Å². The molecule has 60 valence electrons. The van der Waals surface area contributed by atoms with E-state index in [4.69, 9.17) is 23.2 Å². The summed E-state index contributed by atoms with van der Waals surface area (Å²) in [6, 6.07) is 0.185. The molecule has 0 saturated carbocycles. The van der Waals surface area contributed by atoms with Crippen LogP contribution in [0.5, 0.6) is 0 Å². The quantitative estimate of drug-likeness (QED) is 0.470. The summed E-state index contributed by atoms with van der Waals surface area (Å²) in [5.41, 5.74) is 0. The summed E-state index contributed by atoms with van der Waals surface area (Å²) in [7, 11) is 3.22. The fourth-order valence-corrected chi connectivity index (χ4v) is 0.598. The van der Waals surface area contributed by atoms with Gasteiger partial charge >= 0.3 is 6.03 Å². The van der Waals surface area contributed by atoms with Gasteiger partial charge in [0, 0.05) is 14.1 Å². The molecule has 10 heavy (non-hydrogen) atoms. The first-order valence-corrected chi connectivity index (χ1v) is 3.78. The van der Waals surface area contributed by atoms with E-state index in [-0.39, 0.29) is 18.0 Å². The minimum absolute atomic E-state index is 0.176. The third kappa shape index (κ3) is 2.62. The summed E-state index contributed by atoms with van der Waals surface area (Å²) in [5, 5.41) is 0. The highest BCUT2D eigenvalue weighted by Gasteiger charge is 2.10. The van der Waals surface area contributed by atoms with Gasteiger partial charge in [-0.2, -0.15) is 0 Å². The van der Waals surface area contributed by atoms with Crippen LogP contribution in [0, 0.1) is 0 Å². The smallest absolute Gasteiger partial charge is 0.314 e. The zero-order valence-corrected chi connectivity index (χ0v) is 7.48. The van der Waals surface area contributed by atoms with Crippen LogP contribution in [-0.2, 0) is 0 Å². The lowest BCUT2D eigenvalue weighted by molar-refractivity contribution is 0.186. The average Bonchev–Trinajstić information content (AvgIpc) is 2.00. The average molecular weight is 185 g/mol. The molecule has 0 rings (SSSR count). The van der Waals surface area contributed by atoms with E-state index >= 15 is 0 Å². The van der Waals surface area contributed by atoms with E-state index in [1.165, 1.54) is 9.80 Å². The van der Waals surface area contributed by atoms with Crippen molar-refractivity contribution in [2.75, 3.05) is 26.1 Å². The van der Waals surface area contributed by atoms with Gasteiger partial charge < -0.3 is 9.80 Å². The van der Waals surface area contributed by atoms with E-state index in [9.17, 15) is 4.79 Å². The zero-order valence-electron chi connectivity index (χ0n) is 5.97. The number of nitrogens with zero attached hydrogens (tertiary/aromatic N) is 2. The SMILES string of the molecule is CN(CCl)C(=O)N(C)CCl. The maximum absolute atomic E-state index is 11.0. The van der Waals surface area contributed by atoms with Crippen molar-refractivity contribution >= 4 is 29.2 Å². The summed E-state index contributed by atoms with van der Waals surface area (Å²) >= 11 is 10.8. The number of carbonyl (C=O) groups excluding carboxylic acids is 1. The van der Waals surface area contributed by atoms with Crippen LogP contribution in [0.2, 0.25) is 0 Å². The molecule has 0 aromatic rings. The number of hydrogen-bond donors (Lipinski definition) is 0. The molecule has 0 heterocycles. The molecule has 0 bridgehead atoms. The van der Waals surface area contributed by atoms with Crippen molar-refractivity contribution in [3.63, 3.8) is 0 Å². The zero-order chi connectivity index (χ0) is 8.15. The molecule has 0 atom stereocenters. The van der Waals surface area contributed by atoms with Gasteiger partial charge in [0.2, 0.25) is 0 Å². The molecule has 0 spiro atoms. The highest BCUT2D eigenvalue weighted by atomic mass is 35.5. The van der Waals surface area contributed by atoms with Gasteiger partial charge in [-0.3, -0.25) is 0 Å². The largest absolute Gasteiger partial charge is 0.321 e. The predicted octanol–water partition coefficient (Wildman–Crippen LogP) is 1.36. The van der Waals surface area contributed by atoms with E-state index in [1.54, 1.807) is 14.1 Å². The van der Waals surface area contributed by atoms with E-state index in [2.05, 4.69) is 0 Å². The summed E-state index contributed by atoms with van der Waals surface area (Å²) in [4.78, 5) is 13.7. The second-order valence-electron chi connectivity index (χ2n) is 1.92. The Kier molecular flexibility index (Phi) is 4.56. The Bertz CT molecular complexity index is 108. The molecule has 0 radical (unpaired) electrons. The minimum atomic E-state index is -0.176. The van der Waals surface area contributed by atoms with Crippen molar-refractivity contribution in [1.29, 1.82) is 0 Å². The lowest BCUT2D eigenvalue weighted by atomic mass is 10.7. The summed E-state index contributed by atoms with van der Waals surface area (Å²) in [5.74, 6) is 0. The van der Waals surface area contributed by atoms with Gasteiger partial charge in [0.1, 0.15) is 0 Å². The van der Waals surface area contributed by atoms with Gasteiger partial charge in [-0.15, -0.1) is 23.2 Å². The molecule has 0 unspecified atom stereocenters. The minimum Gasteiger partial charge on any atom is -0.314 e. The van der Waals surface area contributed by atoms with Crippen LogP contribution in [0.4, 0.5) is 4.79 Å². The molecule has 2 amide bonds. The van der Waals surface area contributed by atoms with Gasteiger partial charge in [0.15, 0.2) is 0 Å². The lowest BCUT2D eigenvalue weighted by Crippen LogP contribution is -2.37. The fraction of sp³-hybridized carbons (Fsp3) is 0.800. The standard InChI is InChI=1S/C5H10Cl2N2O/c1-8(3-6)5(10)9(2)4-7/h3-4H2,1-2H3.